The van der Waals surface area contributed by atoms with Gasteiger partial charge in [0.15, 0.2) is 0 Å². The predicted octanol–water partition coefficient (Wildman–Crippen LogP) is 2.63. The van der Waals surface area contributed by atoms with Crippen LogP contribution in [0.25, 0.3) is 10.8 Å². The second kappa shape index (κ2) is 7.75. The minimum atomic E-state index is -0.553. The van der Waals surface area contributed by atoms with E-state index in [-0.39, 0.29) is 5.39 Å². The number of hydrogen-bond acceptors (Lipinski definition) is 7. The maximum Gasteiger partial charge on any atom is 0.272 e. The molecule has 168 valence electrons. The summed E-state index contributed by atoms with van der Waals surface area (Å²) in [6, 6.07) is 10.8. The first-order valence-corrected chi connectivity index (χ1v) is 10.9. The quantitative estimate of drug-likeness (QED) is 0.496. The third-order valence-corrected chi connectivity index (χ3v) is 6.46. The molecule has 2 aliphatic heterocycles. The highest BCUT2D eigenvalue weighted by molar-refractivity contribution is 5.95. The number of benzene rings is 2. The van der Waals surface area contributed by atoms with E-state index in [9.17, 15) is 9.18 Å². The molecular formula is C23H22FN7O2. The van der Waals surface area contributed by atoms with Crippen LogP contribution in [-0.4, -0.2) is 43.0 Å². The van der Waals surface area contributed by atoms with Gasteiger partial charge in [-0.3, -0.25) is 24.7 Å². The average Bonchev–Trinajstić information content (AvgIpc) is 3.13. The summed E-state index contributed by atoms with van der Waals surface area (Å²) in [5.74, 6) is -0.429. The van der Waals surface area contributed by atoms with Gasteiger partial charge in [0.25, 0.3) is 5.56 Å². The molecule has 0 amide bonds. The number of halogens is 1. The van der Waals surface area contributed by atoms with E-state index in [2.05, 4.69) is 42.8 Å². The molecule has 1 saturated heterocycles. The van der Waals surface area contributed by atoms with Gasteiger partial charge in [-0.05, 0) is 42.8 Å². The van der Waals surface area contributed by atoms with E-state index in [0.29, 0.717) is 22.6 Å². The van der Waals surface area contributed by atoms with E-state index >= 15 is 0 Å². The number of H-pyrrole nitrogens is 1. The number of nitrogens with one attached hydrogen (secondary N) is 2. The van der Waals surface area contributed by atoms with Gasteiger partial charge in [0.1, 0.15) is 24.1 Å². The third kappa shape index (κ3) is 3.38. The number of anilines is 1. The van der Waals surface area contributed by atoms with Gasteiger partial charge in [0.2, 0.25) is 0 Å². The Labute approximate surface area is 188 Å². The van der Waals surface area contributed by atoms with Crippen molar-refractivity contribution in [3.8, 4) is 0 Å². The zero-order valence-corrected chi connectivity index (χ0v) is 18.0. The number of aromatic nitrogens is 5. The molecule has 2 aromatic carbocycles. The van der Waals surface area contributed by atoms with Crippen LogP contribution in [0.1, 0.15) is 41.1 Å². The first-order valence-electron chi connectivity index (χ1n) is 10.9. The standard InChI is InChI=1S/C23H22FN7O2/c1-30-22(25-12-26-30)19-20-18-16(23(32)28-27-20)9-15(24)10-17(18)29-33-21(19)14-5-3-13(4-6-14)11-31-7-2-8-31/h3-6,9-10,12,19,21,29H,2,7-8,11H2,1H3,(H,28,32). The van der Waals surface area contributed by atoms with Crippen LogP contribution < -0.4 is 11.0 Å². The second-order valence-corrected chi connectivity index (χ2v) is 8.55. The molecule has 0 aliphatic carbocycles. The maximum absolute atomic E-state index is 14.3. The second-order valence-electron chi connectivity index (χ2n) is 8.55. The molecule has 2 N–H and O–H groups in total. The molecule has 4 heterocycles. The molecule has 0 saturated carbocycles. The van der Waals surface area contributed by atoms with Crippen LogP contribution in [0.2, 0.25) is 0 Å². The molecule has 1 fully saturated rings. The number of nitrogens with zero attached hydrogens (tertiary/aromatic N) is 5. The molecule has 0 bridgehead atoms. The predicted molar refractivity (Wildman–Crippen MR) is 119 cm³/mol. The fourth-order valence-corrected chi connectivity index (χ4v) is 4.65. The van der Waals surface area contributed by atoms with E-state index in [1.54, 1.807) is 11.7 Å². The highest BCUT2D eigenvalue weighted by Crippen LogP contribution is 2.44. The molecule has 0 spiro atoms. The van der Waals surface area contributed by atoms with Gasteiger partial charge in [0, 0.05) is 19.0 Å². The van der Waals surface area contributed by atoms with Gasteiger partial charge in [0.05, 0.1) is 22.7 Å². The number of aryl methyl sites for hydroxylation is 1. The van der Waals surface area contributed by atoms with Crippen molar-refractivity contribution in [3.05, 3.63) is 81.5 Å². The smallest absolute Gasteiger partial charge is 0.272 e. The van der Waals surface area contributed by atoms with Crippen LogP contribution >= 0.6 is 0 Å². The van der Waals surface area contributed by atoms with Crippen molar-refractivity contribution < 1.29 is 9.23 Å². The van der Waals surface area contributed by atoms with Crippen LogP contribution in [0, 0.1) is 5.82 Å². The fourth-order valence-electron chi connectivity index (χ4n) is 4.65. The zero-order chi connectivity index (χ0) is 22.5. The van der Waals surface area contributed by atoms with E-state index in [4.69, 9.17) is 4.84 Å². The van der Waals surface area contributed by atoms with Crippen LogP contribution in [0.5, 0.6) is 0 Å². The van der Waals surface area contributed by atoms with Gasteiger partial charge >= 0.3 is 0 Å². The van der Waals surface area contributed by atoms with Crippen molar-refractivity contribution >= 4 is 16.5 Å². The summed E-state index contributed by atoms with van der Waals surface area (Å²) in [6.07, 6.45) is 2.17. The summed E-state index contributed by atoms with van der Waals surface area (Å²) in [7, 11) is 1.79. The molecule has 4 aromatic rings. The lowest BCUT2D eigenvalue weighted by Gasteiger charge is -2.30. The van der Waals surface area contributed by atoms with Gasteiger partial charge in [-0.2, -0.15) is 10.2 Å². The van der Waals surface area contributed by atoms with E-state index in [1.165, 1.54) is 30.4 Å². The van der Waals surface area contributed by atoms with Gasteiger partial charge in [-0.1, -0.05) is 24.3 Å². The Hall–Kier alpha value is -3.63. The Kier molecular flexibility index (Phi) is 4.70. The Morgan fingerprint density at radius 3 is 2.73 bits per heavy atom. The molecular weight excluding hydrogens is 425 g/mol. The molecule has 10 heteroatoms. The Balaban J connectivity index is 1.50. The summed E-state index contributed by atoms with van der Waals surface area (Å²) in [6.45, 7) is 3.19. The first-order chi connectivity index (χ1) is 16.1. The minimum Gasteiger partial charge on any atom is -0.299 e. The molecule has 0 radical (unpaired) electrons. The fraction of sp³-hybridized carbons (Fsp3) is 0.304. The van der Waals surface area contributed by atoms with Crippen molar-refractivity contribution in [2.24, 2.45) is 7.05 Å². The summed E-state index contributed by atoms with van der Waals surface area (Å²) in [5.41, 5.74) is 5.43. The lowest BCUT2D eigenvalue weighted by Crippen LogP contribution is -2.36. The largest absolute Gasteiger partial charge is 0.299 e. The van der Waals surface area contributed by atoms with Crippen LogP contribution in [0.4, 0.5) is 10.1 Å². The molecule has 9 nitrogen and oxygen atoms in total. The molecule has 33 heavy (non-hydrogen) atoms. The average molecular weight is 447 g/mol. The minimum absolute atomic E-state index is 0.198. The van der Waals surface area contributed by atoms with Gasteiger partial charge in [-0.15, -0.1) is 0 Å². The lowest BCUT2D eigenvalue weighted by atomic mass is 9.89. The van der Waals surface area contributed by atoms with Crippen molar-refractivity contribution in [2.75, 3.05) is 18.6 Å². The SMILES string of the molecule is Cn1ncnc1C1c2n[nH]c(=O)c3cc(F)cc(c23)NOC1c1ccc(CN2CCC2)cc1. The van der Waals surface area contributed by atoms with Crippen LogP contribution in [0.15, 0.2) is 47.5 Å². The monoisotopic (exact) mass is 447 g/mol. The third-order valence-electron chi connectivity index (χ3n) is 6.46. The zero-order valence-electron chi connectivity index (χ0n) is 18.0. The molecule has 2 unspecified atom stereocenters. The normalized spacial score (nSPS) is 20.3. The first kappa shape index (κ1) is 20.0. The summed E-state index contributed by atoms with van der Waals surface area (Å²) in [4.78, 5) is 25.5. The number of rotatable bonds is 4. The Bertz CT molecular complexity index is 1390. The van der Waals surface area contributed by atoms with Gasteiger partial charge in [-0.25, -0.2) is 14.5 Å². The topological polar surface area (TPSA) is 101 Å². The summed E-state index contributed by atoms with van der Waals surface area (Å²) < 4.78 is 15.9. The molecule has 6 rings (SSSR count). The number of likely N-dealkylation sites (tertiary alicyclic amines) is 1. The van der Waals surface area contributed by atoms with Crippen molar-refractivity contribution in [1.29, 1.82) is 0 Å². The Morgan fingerprint density at radius 1 is 1.21 bits per heavy atom. The number of hydrogen-bond donors (Lipinski definition) is 2. The maximum atomic E-state index is 14.3. The highest BCUT2D eigenvalue weighted by Gasteiger charge is 2.37. The van der Waals surface area contributed by atoms with Crippen molar-refractivity contribution in [2.45, 2.75) is 25.0 Å². The van der Waals surface area contributed by atoms with Crippen LogP contribution in [0.3, 0.4) is 0 Å². The van der Waals surface area contributed by atoms with Crippen molar-refractivity contribution in [1.82, 2.24) is 29.9 Å². The van der Waals surface area contributed by atoms with E-state index in [1.807, 2.05) is 12.1 Å². The summed E-state index contributed by atoms with van der Waals surface area (Å²) >= 11 is 0. The van der Waals surface area contributed by atoms with E-state index < -0.39 is 23.4 Å². The van der Waals surface area contributed by atoms with Crippen molar-refractivity contribution in [3.63, 3.8) is 0 Å². The van der Waals surface area contributed by atoms with Crippen LogP contribution in [-0.2, 0) is 18.4 Å². The summed E-state index contributed by atoms with van der Waals surface area (Å²) in [5, 5.41) is 11.8. The molecule has 2 atom stereocenters. The molecule has 2 aromatic heterocycles. The Morgan fingerprint density at radius 2 is 2.03 bits per heavy atom. The van der Waals surface area contributed by atoms with E-state index in [0.717, 1.165) is 25.2 Å². The molecule has 2 aliphatic rings. The highest BCUT2D eigenvalue weighted by atomic mass is 19.1. The van der Waals surface area contributed by atoms with Gasteiger partial charge < -0.3 is 0 Å². The lowest BCUT2D eigenvalue weighted by molar-refractivity contribution is 0.0848. The number of aromatic amines is 1.